The van der Waals surface area contributed by atoms with Gasteiger partial charge in [-0.15, -0.1) is 0 Å². The van der Waals surface area contributed by atoms with Crippen molar-refractivity contribution in [3.05, 3.63) is 53.6 Å². The van der Waals surface area contributed by atoms with Crippen molar-refractivity contribution in [2.24, 2.45) is 0 Å². The fourth-order valence-corrected chi connectivity index (χ4v) is 2.61. The summed E-state index contributed by atoms with van der Waals surface area (Å²) in [6, 6.07) is 13.4. The lowest BCUT2D eigenvalue weighted by Crippen LogP contribution is -2.37. The molecule has 1 amide bonds. The van der Waals surface area contributed by atoms with E-state index in [9.17, 15) is 4.79 Å². The van der Waals surface area contributed by atoms with Crippen molar-refractivity contribution in [1.29, 1.82) is 0 Å². The number of nitrogens with one attached hydrogen (secondary N) is 1. The van der Waals surface area contributed by atoms with Gasteiger partial charge in [0.1, 0.15) is 5.75 Å². The van der Waals surface area contributed by atoms with E-state index < -0.39 is 6.10 Å². The van der Waals surface area contributed by atoms with Crippen molar-refractivity contribution in [2.45, 2.75) is 46.8 Å². The highest BCUT2D eigenvalue weighted by Crippen LogP contribution is 2.28. The molecule has 0 saturated carbocycles. The van der Waals surface area contributed by atoms with Crippen molar-refractivity contribution in [3.8, 4) is 17.2 Å². The number of hydrogen-bond donors (Lipinski definition) is 1. The van der Waals surface area contributed by atoms with Crippen LogP contribution in [0.1, 0.15) is 38.3 Å². The summed E-state index contributed by atoms with van der Waals surface area (Å²) in [6.45, 7) is 9.34. The Labute approximate surface area is 161 Å². The lowest BCUT2D eigenvalue weighted by molar-refractivity contribution is -0.128. The maximum atomic E-state index is 12.5. The number of ether oxygens (including phenoxy) is 3. The predicted octanol–water partition coefficient (Wildman–Crippen LogP) is 4.27. The van der Waals surface area contributed by atoms with Crippen LogP contribution in [0.2, 0.25) is 0 Å². The zero-order valence-electron chi connectivity index (χ0n) is 16.6. The van der Waals surface area contributed by atoms with Crippen molar-refractivity contribution in [1.82, 2.24) is 5.32 Å². The molecule has 5 nitrogen and oxygen atoms in total. The second-order valence-corrected chi connectivity index (χ2v) is 6.19. The molecule has 1 atom stereocenters. The monoisotopic (exact) mass is 371 g/mol. The molecule has 5 heteroatoms. The quantitative estimate of drug-likeness (QED) is 0.678. The van der Waals surface area contributed by atoms with Crippen molar-refractivity contribution < 1.29 is 19.0 Å². The van der Waals surface area contributed by atoms with Gasteiger partial charge in [-0.2, -0.15) is 0 Å². The zero-order chi connectivity index (χ0) is 19.6. The molecule has 0 fully saturated rings. The van der Waals surface area contributed by atoms with Gasteiger partial charge in [0.15, 0.2) is 17.6 Å². The first-order valence-electron chi connectivity index (χ1n) is 9.46. The van der Waals surface area contributed by atoms with E-state index in [1.54, 1.807) is 0 Å². The number of aryl methyl sites for hydroxylation is 1. The third kappa shape index (κ3) is 6.20. The summed E-state index contributed by atoms with van der Waals surface area (Å²) in [6.07, 6.45) is 0.0643. The smallest absolute Gasteiger partial charge is 0.261 e. The van der Waals surface area contributed by atoms with Crippen LogP contribution in [0.4, 0.5) is 0 Å². The van der Waals surface area contributed by atoms with E-state index in [-0.39, 0.29) is 5.91 Å². The van der Waals surface area contributed by atoms with Crippen LogP contribution in [-0.2, 0) is 11.3 Å². The SMILES string of the molecule is CCOc1ccc(CNC(=O)C(CC)Oc2ccc(C)cc2)cc1OCC. The summed E-state index contributed by atoms with van der Waals surface area (Å²) in [5.74, 6) is 1.96. The molecule has 0 aliphatic heterocycles. The lowest BCUT2D eigenvalue weighted by Gasteiger charge is -2.18. The van der Waals surface area contributed by atoms with Crippen molar-refractivity contribution in [2.75, 3.05) is 13.2 Å². The summed E-state index contributed by atoms with van der Waals surface area (Å²) in [4.78, 5) is 12.5. The minimum atomic E-state index is -0.526. The fraction of sp³-hybridized carbons (Fsp3) is 0.409. The van der Waals surface area contributed by atoms with Gasteiger partial charge in [-0.1, -0.05) is 30.7 Å². The molecule has 2 rings (SSSR count). The molecule has 2 aromatic rings. The first kappa shape index (κ1) is 20.6. The predicted molar refractivity (Wildman–Crippen MR) is 107 cm³/mol. The highest BCUT2D eigenvalue weighted by molar-refractivity contribution is 5.81. The number of rotatable bonds is 10. The summed E-state index contributed by atoms with van der Waals surface area (Å²) in [5.41, 5.74) is 2.10. The molecular weight excluding hydrogens is 342 g/mol. The molecule has 0 aromatic heterocycles. The van der Waals surface area contributed by atoms with Gasteiger partial charge in [0, 0.05) is 6.54 Å². The normalized spacial score (nSPS) is 11.6. The molecule has 27 heavy (non-hydrogen) atoms. The average molecular weight is 371 g/mol. The lowest BCUT2D eigenvalue weighted by atomic mass is 10.2. The average Bonchev–Trinajstić information content (AvgIpc) is 2.67. The Hall–Kier alpha value is -2.69. The molecule has 2 aromatic carbocycles. The Bertz CT molecular complexity index is 728. The van der Waals surface area contributed by atoms with Gasteiger partial charge in [0.25, 0.3) is 5.91 Å². The highest BCUT2D eigenvalue weighted by Gasteiger charge is 2.18. The van der Waals surface area contributed by atoms with Gasteiger partial charge >= 0.3 is 0 Å². The third-order valence-electron chi connectivity index (χ3n) is 4.04. The van der Waals surface area contributed by atoms with Crippen LogP contribution in [-0.4, -0.2) is 25.2 Å². The summed E-state index contributed by atoms with van der Waals surface area (Å²) in [5, 5.41) is 2.94. The van der Waals surface area contributed by atoms with E-state index in [1.807, 2.05) is 70.2 Å². The number of amides is 1. The van der Waals surface area contributed by atoms with Gasteiger partial charge in [-0.3, -0.25) is 4.79 Å². The molecule has 0 aliphatic carbocycles. The second-order valence-electron chi connectivity index (χ2n) is 6.19. The van der Waals surface area contributed by atoms with E-state index in [0.717, 1.165) is 11.1 Å². The van der Waals surface area contributed by atoms with E-state index >= 15 is 0 Å². The minimum absolute atomic E-state index is 0.134. The topological polar surface area (TPSA) is 56.8 Å². The standard InChI is InChI=1S/C22H29NO4/c1-5-19(27-18-11-8-16(4)9-12-18)22(24)23-15-17-10-13-20(25-6-2)21(14-17)26-7-3/h8-14,19H,5-7,15H2,1-4H3,(H,23,24). The molecule has 0 spiro atoms. The van der Waals surface area contributed by atoms with Gasteiger partial charge in [0.05, 0.1) is 13.2 Å². The Balaban J connectivity index is 1.98. The fourth-order valence-electron chi connectivity index (χ4n) is 2.61. The van der Waals surface area contributed by atoms with Gasteiger partial charge in [0.2, 0.25) is 0 Å². The Morgan fingerprint density at radius 1 is 0.963 bits per heavy atom. The second kappa shape index (κ2) is 10.5. The van der Waals surface area contributed by atoms with Crippen molar-refractivity contribution >= 4 is 5.91 Å². The number of hydrogen-bond acceptors (Lipinski definition) is 4. The first-order valence-corrected chi connectivity index (χ1v) is 9.46. The van der Waals surface area contributed by atoms with E-state index in [4.69, 9.17) is 14.2 Å². The van der Waals surface area contributed by atoms with Crippen molar-refractivity contribution in [3.63, 3.8) is 0 Å². The molecule has 0 heterocycles. The Morgan fingerprint density at radius 2 is 1.63 bits per heavy atom. The summed E-state index contributed by atoms with van der Waals surface area (Å²) in [7, 11) is 0. The van der Waals surface area contributed by atoms with Crippen LogP contribution in [0.25, 0.3) is 0 Å². The van der Waals surface area contributed by atoms with Crippen LogP contribution in [0.3, 0.4) is 0 Å². The molecule has 0 bridgehead atoms. The number of benzene rings is 2. The maximum absolute atomic E-state index is 12.5. The zero-order valence-corrected chi connectivity index (χ0v) is 16.6. The Kier molecular flexibility index (Phi) is 7.99. The number of carbonyl (C=O) groups excluding carboxylic acids is 1. The highest BCUT2D eigenvalue weighted by atomic mass is 16.5. The molecule has 0 radical (unpaired) electrons. The van der Waals surface area contributed by atoms with Crippen LogP contribution in [0.15, 0.2) is 42.5 Å². The minimum Gasteiger partial charge on any atom is -0.490 e. The van der Waals surface area contributed by atoms with Gasteiger partial charge < -0.3 is 19.5 Å². The largest absolute Gasteiger partial charge is 0.490 e. The van der Waals surface area contributed by atoms with Crippen LogP contribution in [0, 0.1) is 6.92 Å². The van der Waals surface area contributed by atoms with Gasteiger partial charge in [-0.05, 0) is 57.0 Å². The van der Waals surface area contributed by atoms with Crippen LogP contribution >= 0.6 is 0 Å². The maximum Gasteiger partial charge on any atom is 0.261 e. The third-order valence-corrected chi connectivity index (χ3v) is 4.04. The Morgan fingerprint density at radius 3 is 2.26 bits per heavy atom. The molecule has 0 aliphatic rings. The first-order chi connectivity index (χ1) is 13.1. The molecule has 0 saturated heterocycles. The van der Waals surface area contributed by atoms with Crippen LogP contribution < -0.4 is 19.5 Å². The molecule has 1 N–H and O–H groups in total. The van der Waals surface area contributed by atoms with E-state index in [1.165, 1.54) is 0 Å². The molecule has 146 valence electrons. The molecule has 1 unspecified atom stereocenters. The number of carbonyl (C=O) groups is 1. The summed E-state index contributed by atoms with van der Waals surface area (Å²) < 4.78 is 17.0. The van der Waals surface area contributed by atoms with E-state index in [2.05, 4.69) is 5.32 Å². The van der Waals surface area contributed by atoms with Gasteiger partial charge in [-0.25, -0.2) is 0 Å². The molecular formula is C22H29NO4. The van der Waals surface area contributed by atoms with Crippen LogP contribution in [0.5, 0.6) is 17.2 Å². The summed E-state index contributed by atoms with van der Waals surface area (Å²) >= 11 is 0. The van der Waals surface area contributed by atoms with E-state index in [0.29, 0.717) is 43.4 Å².